The van der Waals surface area contributed by atoms with Crippen LogP contribution >= 0.6 is 0 Å². The average molecular weight is 1070 g/mol. The Hall–Kier alpha value is -10.4. The molecule has 7 heterocycles. The third-order valence-electron chi connectivity index (χ3n) is 13.9. The van der Waals surface area contributed by atoms with E-state index in [0.717, 1.165) is 37.8 Å². The Morgan fingerprint density at radius 1 is 0.662 bits per heavy atom. The molecule has 0 atom stereocenters. The number of urea groups is 2. The summed E-state index contributed by atoms with van der Waals surface area (Å²) in [5, 5.41) is 12.6. The van der Waals surface area contributed by atoms with E-state index in [1.807, 2.05) is 42.5 Å². The van der Waals surface area contributed by atoms with E-state index in [1.54, 1.807) is 97.1 Å². The molecule has 4 aromatic heterocycles. The minimum atomic E-state index is -0.771. The van der Waals surface area contributed by atoms with Gasteiger partial charge in [0.2, 0.25) is 17.8 Å². The highest BCUT2D eigenvalue weighted by atomic mass is 19.1. The molecule has 3 N–H and O–H groups in total. The first-order valence-electron chi connectivity index (χ1n) is 25.6. The highest BCUT2D eigenvalue weighted by molar-refractivity contribution is 6.13. The van der Waals surface area contributed by atoms with Gasteiger partial charge in [-0.1, -0.05) is 49.6 Å². The van der Waals surface area contributed by atoms with E-state index in [1.165, 1.54) is 42.8 Å². The number of aromatic nitrogens is 7. The summed E-state index contributed by atoms with van der Waals surface area (Å²) in [7, 11) is 5.81. The van der Waals surface area contributed by atoms with Crippen molar-refractivity contribution in [3.8, 4) is 0 Å². The zero-order chi connectivity index (χ0) is 55.6. The van der Waals surface area contributed by atoms with Crippen molar-refractivity contribution in [2.45, 2.75) is 32.0 Å². The van der Waals surface area contributed by atoms with E-state index in [0.29, 0.717) is 68.5 Å². The standard InChI is InChI=1S/C58H54FN17O4/c1-6-50(77)63-39-14-11-18-44(28-39)75-54-38(32-62-56(67-54)65-48-36-70(5)68-52(48)59)35-73(58(75)80)43-17-12-19-45(29-43)74(51(78)7-2)46-20-13-21-47(30-46)76-53-37(34-72(57(76)79)42-15-9-8-10-16-42)31-61-55(66-53)64-40-22-23-49(60-33-40)71-26-24-41(25-27-71)69(3)4/h6-23,28-33,36,41H,1-2,24-27,34-35H2,3-5H3,(H,63,77)(H,61,64,66)(H,62,65,67). The van der Waals surface area contributed by atoms with E-state index in [4.69, 9.17) is 15.0 Å². The lowest BCUT2D eigenvalue weighted by atomic mass is 10.0. The van der Waals surface area contributed by atoms with Gasteiger partial charge < -0.3 is 25.8 Å². The Morgan fingerprint density at radius 3 is 1.84 bits per heavy atom. The normalized spacial score (nSPS) is 14.4. The van der Waals surface area contributed by atoms with E-state index in [-0.39, 0.29) is 36.5 Å². The predicted molar refractivity (Wildman–Crippen MR) is 306 cm³/mol. The van der Waals surface area contributed by atoms with Gasteiger partial charge in [0.1, 0.15) is 11.5 Å². The minimum Gasteiger partial charge on any atom is -0.357 e. The molecule has 0 radical (unpaired) electrons. The lowest BCUT2D eigenvalue weighted by Crippen LogP contribution is -2.45. The molecule has 3 aliphatic rings. The maximum absolute atomic E-state index is 15.1. The number of carbonyl (C=O) groups excluding carboxylic acids is 4. The highest BCUT2D eigenvalue weighted by Crippen LogP contribution is 2.42. The Morgan fingerprint density at radius 2 is 1.25 bits per heavy atom. The van der Waals surface area contributed by atoms with Crippen molar-refractivity contribution in [3.63, 3.8) is 0 Å². The van der Waals surface area contributed by atoms with Crippen LogP contribution in [-0.2, 0) is 29.7 Å². The molecular formula is C58H54FN17O4. The Balaban J connectivity index is 0.923. The predicted octanol–water partition coefficient (Wildman–Crippen LogP) is 10.1. The molecule has 0 spiro atoms. The number of nitrogens with one attached hydrogen (secondary N) is 3. The number of hydrogen-bond donors (Lipinski definition) is 3. The fourth-order valence-electron chi connectivity index (χ4n) is 9.94. The molecule has 0 bridgehead atoms. The van der Waals surface area contributed by atoms with E-state index in [9.17, 15) is 18.8 Å². The molecule has 0 unspecified atom stereocenters. The van der Waals surface area contributed by atoms with Gasteiger partial charge in [-0.15, -0.1) is 5.10 Å². The molecule has 8 aromatic rings. The number of nitrogens with zero attached hydrogens (tertiary/aromatic N) is 14. The molecule has 402 valence electrons. The fourth-order valence-corrected chi connectivity index (χ4v) is 9.94. The number of pyridine rings is 1. The lowest BCUT2D eigenvalue weighted by molar-refractivity contribution is -0.113. The number of halogens is 1. The smallest absolute Gasteiger partial charge is 0.335 e. The van der Waals surface area contributed by atoms with Crippen molar-refractivity contribution >= 4 is 104 Å². The molecule has 3 aliphatic heterocycles. The number of carbonyl (C=O) groups is 4. The van der Waals surface area contributed by atoms with Crippen LogP contribution in [-0.4, -0.2) is 96.7 Å². The van der Waals surface area contributed by atoms with Crippen LogP contribution in [0, 0.1) is 5.95 Å². The number of rotatable bonds is 15. The molecule has 11 rings (SSSR count). The topological polar surface area (TPSA) is 209 Å². The number of benzene rings is 4. The van der Waals surface area contributed by atoms with Gasteiger partial charge in [0.25, 0.3) is 11.9 Å². The van der Waals surface area contributed by atoms with Gasteiger partial charge in [0.15, 0.2) is 11.6 Å². The zero-order valence-electron chi connectivity index (χ0n) is 43.9. The molecule has 21 nitrogen and oxygen atoms in total. The summed E-state index contributed by atoms with van der Waals surface area (Å²) in [5.74, 6) is -0.0607. The van der Waals surface area contributed by atoms with Crippen LogP contribution in [0.5, 0.6) is 0 Å². The quantitative estimate of drug-likeness (QED) is 0.0817. The Bertz CT molecular complexity index is 3700. The molecule has 80 heavy (non-hydrogen) atoms. The summed E-state index contributed by atoms with van der Waals surface area (Å²) in [6, 6.07) is 33.3. The van der Waals surface area contributed by atoms with Crippen molar-refractivity contribution < 1.29 is 23.6 Å². The third kappa shape index (κ3) is 10.4. The molecule has 1 fully saturated rings. The number of anilines is 14. The summed E-state index contributed by atoms with van der Waals surface area (Å²) in [6.45, 7) is 9.37. The number of fused-ring (bicyclic) bond motifs is 2. The summed E-state index contributed by atoms with van der Waals surface area (Å²) >= 11 is 0. The second-order valence-corrected chi connectivity index (χ2v) is 19.3. The molecule has 1 saturated heterocycles. The van der Waals surface area contributed by atoms with Crippen LogP contribution in [0.15, 0.2) is 165 Å². The van der Waals surface area contributed by atoms with Crippen LogP contribution in [0.3, 0.4) is 0 Å². The first kappa shape index (κ1) is 51.7. The van der Waals surface area contributed by atoms with Gasteiger partial charge in [-0.3, -0.25) is 29.0 Å². The number of hydrogen-bond acceptors (Lipinski definition) is 14. The van der Waals surface area contributed by atoms with Crippen molar-refractivity contribution in [1.29, 1.82) is 0 Å². The third-order valence-corrected chi connectivity index (χ3v) is 13.9. The maximum Gasteiger partial charge on any atom is 0.335 e. The number of aryl methyl sites for hydroxylation is 1. The second kappa shape index (κ2) is 21.9. The maximum atomic E-state index is 15.1. The Kier molecular flexibility index (Phi) is 14.2. The first-order valence-corrected chi connectivity index (χ1v) is 25.6. The van der Waals surface area contributed by atoms with Gasteiger partial charge in [-0.2, -0.15) is 14.4 Å². The van der Waals surface area contributed by atoms with Gasteiger partial charge in [0, 0.05) is 66.8 Å². The molecule has 4 aromatic carbocycles. The van der Waals surface area contributed by atoms with Gasteiger partial charge in [-0.05, 0) is 118 Å². The van der Waals surface area contributed by atoms with E-state index < -0.39 is 29.8 Å². The summed E-state index contributed by atoms with van der Waals surface area (Å²) < 4.78 is 16.0. The highest BCUT2D eigenvalue weighted by Gasteiger charge is 2.37. The fraction of sp³-hybridized carbons (Fsp3) is 0.172. The Labute approximate surface area is 459 Å². The second-order valence-electron chi connectivity index (χ2n) is 19.3. The number of para-hydroxylation sites is 1. The monoisotopic (exact) mass is 1070 g/mol. The summed E-state index contributed by atoms with van der Waals surface area (Å²) in [4.78, 5) is 92.2. The van der Waals surface area contributed by atoms with Crippen LogP contribution in [0.1, 0.15) is 24.0 Å². The molecular weight excluding hydrogens is 1020 g/mol. The SMILES string of the molecule is C=CC(=O)Nc1cccc(N2C(=O)N(c3cccc(N(C(=O)C=C)c4cccc(N5C(=O)N(c6ccccc6)Cc6cnc(Nc7ccc(N8CCC(N(C)C)CC8)nc7)nc65)c4)c3)Cc3cnc(Nc4cn(C)nc4F)nc32)c1. The van der Waals surface area contributed by atoms with Gasteiger partial charge in [-0.25, -0.2) is 34.3 Å². The largest absolute Gasteiger partial charge is 0.357 e. The van der Waals surface area contributed by atoms with Crippen LogP contribution < -0.4 is 45.3 Å². The van der Waals surface area contributed by atoms with Crippen LogP contribution in [0.2, 0.25) is 0 Å². The average Bonchev–Trinajstić information content (AvgIpc) is 3.85. The molecule has 0 aliphatic carbocycles. The summed E-state index contributed by atoms with van der Waals surface area (Å²) in [5.41, 5.74) is 4.76. The minimum absolute atomic E-state index is 0.00184. The van der Waals surface area contributed by atoms with E-state index in [2.05, 4.69) is 68.1 Å². The molecule has 22 heteroatoms. The molecule has 0 saturated carbocycles. The van der Waals surface area contributed by atoms with Crippen molar-refractivity contribution in [2.24, 2.45) is 7.05 Å². The first-order chi connectivity index (χ1) is 38.8. The van der Waals surface area contributed by atoms with Gasteiger partial charge in [0.05, 0.1) is 53.9 Å². The van der Waals surface area contributed by atoms with Crippen LogP contribution in [0.25, 0.3) is 0 Å². The van der Waals surface area contributed by atoms with E-state index >= 15 is 4.79 Å². The van der Waals surface area contributed by atoms with Crippen molar-refractivity contribution in [2.75, 3.05) is 72.5 Å². The van der Waals surface area contributed by atoms with Gasteiger partial charge >= 0.3 is 12.1 Å². The molecule has 6 amide bonds. The zero-order valence-corrected chi connectivity index (χ0v) is 43.9. The van der Waals surface area contributed by atoms with Crippen LogP contribution in [0.4, 0.5) is 94.5 Å². The summed E-state index contributed by atoms with van der Waals surface area (Å²) in [6.07, 6.45) is 10.8. The van der Waals surface area contributed by atoms with Crippen molar-refractivity contribution in [3.05, 3.63) is 182 Å². The number of piperidine rings is 1. The lowest BCUT2D eigenvalue weighted by Gasteiger charge is -2.37. The van der Waals surface area contributed by atoms with Crippen molar-refractivity contribution in [1.82, 2.24) is 39.6 Å². The number of amides is 6.